The van der Waals surface area contributed by atoms with E-state index in [4.69, 9.17) is 0 Å². The Morgan fingerprint density at radius 1 is 1.14 bits per heavy atom. The van der Waals surface area contributed by atoms with Gasteiger partial charge in [0.2, 0.25) is 0 Å². The van der Waals surface area contributed by atoms with E-state index in [0.717, 1.165) is 18.3 Å². The molecule has 2 saturated carbocycles. The zero-order valence-electron chi connectivity index (χ0n) is 8.95. The van der Waals surface area contributed by atoms with Crippen molar-refractivity contribution in [2.45, 2.75) is 44.6 Å². The lowest BCUT2D eigenvalue weighted by molar-refractivity contribution is -0.106. The van der Waals surface area contributed by atoms with E-state index in [0.29, 0.717) is 11.8 Å². The Balaban J connectivity index is 1.97. The van der Waals surface area contributed by atoms with Crippen molar-refractivity contribution in [1.82, 2.24) is 0 Å². The van der Waals surface area contributed by atoms with E-state index in [1.54, 1.807) is 0 Å². The lowest BCUT2D eigenvalue weighted by Crippen LogP contribution is -2.52. The minimum Gasteiger partial charge on any atom is -0.390 e. The molecule has 2 fully saturated rings. The standard InChI is InChI=1S/C13H20O/c1-13(14)8-2-3-11-9-4-6-10(7-5-9)12(11)13/h4,6,9-12,14H,2-3,5,7-8H2,1H3. The Bertz CT molecular complexity index is 266. The van der Waals surface area contributed by atoms with Gasteiger partial charge in [0.25, 0.3) is 0 Å². The second-order valence-electron chi connectivity index (χ2n) is 5.73. The SMILES string of the molecule is CC1(O)CCCC2C3C=CC(CC3)C21. The van der Waals surface area contributed by atoms with Crippen molar-refractivity contribution in [2.24, 2.45) is 23.7 Å². The van der Waals surface area contributed by atoms with Gasteiger partial charge in [0.1, 0.15) is 0 Å². The lowest BCUT2D eigenvalue weighted by atomic mass is 9.53. The highest BCUT2D eigenvalue weighted by Crippen LogP contribution is 2.54. The number of fused-ring (bicyclic) bond motifs is 1. The molecule has 0 radical (unpaired) electrons. The fraction of sp³-hybridized carbons (Fsp3) is 0.846. The molecule has 5 unspecified atom stereocenters. The first-order chi connectivity index (χ1) is 6.68. The van der Waals surface area contributed by atoms with Gasteiger partial charge in [-0.25, -0.2) is 0 Å². The van der Waals surface area contributed by atoms with Crippen LogP contribution in [-0.4, -0.2) is 10.7 Å². The number of rotatable bonds is 0. The molecule has 0 aliphatic heterocycles. The number of allylic oxidation sites excluding steroid dienone is 2. The maximum atomic E-state index is 10.5. The van der Waals surface area contributed by atoms with Crippen LogP contribution in [0.2, 0.25) is 0 Å². The van der Waals surface area contributed by atoms with E-state index in [9.17, 15) is 5.11 Å². The molecule has 0 aromatic rings. The van der Waals surface area contributed by atoms with E-state index in [1.165, 1.54) is 25.7 Å². The Hall–Kier alpha value is -0.300. The van der Waals surface area contributed by atoms with Gasteiger partial charge in [-0.3, -0.25) is 0 Å². The fourth-order valence-electron chi connectivity index (χ4n) is 4.28. The summed E-state index contributed by atoms with van der Waals surface area (Å²) in [6, 6.07) is 0. The largest absolute Gasteiger partial charge is 0.390 e. The van der Waals surface area contributed by atoms with Gasteiger partial charge in [-0.2, -0.15) is 0 Å². The van der Waals surface area contributed by atoms with Crippen molar-refractivity contribution in [3.8, 4) is 0 Å². The van der Waals surface area contributed by atoms with Gasteiger partial charge in [0.05, 0.1) is 5.60 Å². The van der Waals surface area contributed by atoms with Crippen LogP contribution in [0.5, 0.6) is 0 Å². The second kappa shape index (κ2) is 2.85. The summed E-state index contributed by atoms with van der Waals surface area (Å²) in [6.07, 6.45) is 11.1. The van der Waals surface area contributed by atoms with Crippen LogP contribution in [0.25, 0.3) is 0 Å². The monoisotopic (exact) mass is 192 g/mol. The number of aliphatic hydroxyl groups is 1. The predicted octanol–water partition coefficient (Wildman–Crippen LogP) is 2.75. The molecule has 0 aromatic carbocycles. The van der Waals surface area contributed by atoms with Crippen LogP contribution < -0.4 is 0 Å². The third-order valence-corrected chi connectivity index (χ3v) is 4.85. The molecule has 4 aliphatic rings. The van der Waals surface area contributed by atoms with E-state index < -0.39 is 0 Å². The van der Waals surface area contributed by atoms with Crippen molar-refractivity contribution in [1.29, 1.82) is 0 Å². The molecular weight excluding hydrogens is 172 g/mol. The topological polar surface area (TPSA) is 20.2 Å². The maximum absolute atomic E-state index is 10.5. The van der Waals surface area contributed by atoms with Crippen molar-refractivity contribution < 1.29 is 5.11 Å². The van der Waals surface area contributed by atoms with Crippen LogP contribution in [0.1, 0.15) is 39.0 Å². The molecule has 4 rings (SSSR count). The highest BCUT2D eigenvalue weighted by atomic mass is 16.3. The van der Waals surface area contributed by atoms with E-state index >= 15 is 0 Å². The molecule has 78 valence electrons. The average molecular weight is 192 g/mol. The van der Waals surface area contributed by atoms with Crippen molar-refractivity contribution >= 4 is 0 Å². The van der Waals surface area contributed by atoms with Gasteiger partial charge in [-0.1, -0.05) is 18.6 Å². The fourth-order valence-corrected chi connectivity index (χ4v) is 4.28. The van der Waals surface area contributed by atoms with Crippen molar-refractivity contribution in [3.05, 3.63) is 12.2 Å². The summed E-state index contributed by atoms with van der Waals surface area (Å²) >= 11 is 0. The first-order valence-corrected chi connectivity index (χ1v) is 6.09. The van der Waals surface area contributed by atoms with Crippen LogP contribution in [0, 0.1) is 23.7 Å². The van der Waals surface area contributed by atoms with Gasteiger partial charge >= 0.3 is 0 Å². The Morgan fingerprint density at radius 3 is 2.50 bits per heavy atom. The highest BCUT2D eigenvalue weighted by molar-refractivity contribution is 5.14. The van der Waals surface area contributed by atoms with E-state index in [1.807, 2.05) is 0 Å². The minimum absolute atomic E-state index is 0.378. The summed E-state index contributed by atoms with van der Waals surface area (Å²) in [4.78, 5) is 0. The quantitative estimate of drug-likeness (QED) is 0.585. The van der Waals surface area contributed by atoms with Crippen molar-refractivity contribution in [3.63, 3.8) is 0 Å². The molecule has 0 amide bonds. The average Bonchev–Trinajstić information content (AvgIpc) is 2.18. The molecule has 0 aromatic heterocycles. The molecule has 0 saturated heterocycles. The summed E-state index contributed by atoms with van der Waals surface area (Å²) in [6.45, 7) is 2.07. The van der Waals surface area contributed by atoms with Gasteiger partial charge in [-0.15, -0.1) is 0 Å². The molecular formula is C13H20O. The van der Waals surface area contributed by atoms with E-state index in [-0.39, 0.29) is 5.60 Å². The van der Waals surface area contributed by atoms with Gasteiger partial charge in [-0.05, 0) is 56.3 Å². The van der Waals surface area contributed by atoms with Crippen LogP contribution in [-0.2, 0) is 0 Å². The predicted molar refractivity (Wildman–Crippen MR) is 56.8 cm³/mol. The molecule has 0 spiro atoms. The van der Waals surface area contributed by atoms with Crippen LogP contribution in [0.4, 0.5) is 0 Å². The zero-order chi connectivity index (χ0) is 9.76. The first-order valence-electron chi connectivity index (χ1n) is 6.09. The Labute approximate surface area is 86.2 Å². The normalized spacial score (nSPS) is 55.9. The molecule has 4 aliphatic carbocycles. The van der Waals surface area contributed by atoms with Gasteiger partial charge in [0.15, 0.2) is 0 Å². The maximum Gasteiger partial charge on any atom is 0.0656 e. The van der Waals surface area contributed by atoms with Gasteiger partial charge < -0.3 is 5.11 Å². The summed E-state index contributed by atoms with van der Waals surface area (Å²) in [7, 11) is 0. The number of hydrogen-bond acceptors (Lipinski definition) is 1. The Kier molecular flexibility index (Phi) is 1.82. The molecule has 1 nitrogen and oxygen atoms in total. The summed E-state index contributed by atoms with van der Waals surface area (Å²) in [5.74, 6) is 2.83. The smallest absolute Gasteiger partial charge is 0.0656 e. The molecule has 1 heteroatoms. The molecule has 5 atom stereocenters. The zero-order valence-corrected chi connectivity index (χ0v) is 8.95. The second-order valence-corrected chi connectivity index (χ2v) is 5.73. The minimum atomic E-state index is -0.378. The van der Waals surface area contributed by atoms with Gasteiger partial charge in [0, 0.05) is 0 Å². The summed E-state index contributed by atoms with van der Waals surface area (Å²) in [5, 5.41) is 10.5. The molecule has 14 heavy (non-hydrogen) atoms. The van der Waals surface area contributed by atoms with Crippen LogP contribution in [0.15, 0.2) is 12.2 Å². The van der Waals surface area contributed by atoms with Crippen LogP contribution >= 0.6 is 0 Å². The van der Waals surface area contributed by atoms with E-state index in [2.05, 4.69) is 19.1 Å². The summed E-state index contributed by atoms with van der Waals surface area (Å²) < 4.78 is 0. The van der Waals surface area contributed by atoms with Crippen LogP contribution in [0.3, 0.4) is 0 Å². The Morgan fingerprint density at radius 2 is 1.86 bits per heavy atom. The highest BCUT2D eigenvalue weighted by Gasteiger charge is 2.50. The molecule has 0 heterocycles. The lowest BCUT2D eigenvalue weighted by Gasteiger charge is -2.54. The molecule has 2 bridgehead atoms. The third kappa shape index (κ3) is 1.11. The molecule has 1 N–H and O–H groups in total. The number of hydrogen-bond donors (Lipinski definition) is 1. The van der Waals surface area contributed by atoms with Crippen molar-refractivity contribution in [2.75, 3.05) is 0 Å². The first kappa shape index (κ1) is 8.96. The summed E-state index contributed by atoms with van der Waals surface area (Å²) in [5.41, 5.74) is -0.378. The third-order valence-electron chi connectivity index (χ3n) is 4.85.